The number of rotatable bonds is 5. The zero-order valence-corrected chi connectivity index (χ0v) is 13.2. The first kappa shape index (κ1) is 14.6. The highest BCUT2D eigenvalue weighted by Gasteiger charge is 2.04. The molecule has 2 aromatic carbocycles. The second-order valence-corrected chi connectivity index (χ2v) is 5.99. The largest absolute Gasteiger partial charge is 0.310 e. The molecule has 0 aliphatic carbocycles. The van der Waals surface area contributed by atoms with Crippen LogP contribution < -0.4 is 5.32 Å². The lowest BCUT2D eigenvalue weighted by atomic mass is 10.1. The van der Waals surface area contributed by atoms with Gasteiger partial charge in [-0.2, -0.15) is 0 Å². The van der Waals surface area contributed by atoms with Gasteiger partial charge in [-0.1, -0.05) is 57.9 Å². The fraction of sp³-hybridized carbons (Fsp3) is 0.250. The van der Waals surface area contributed by atoms with Gasteiger partial charge < -0.3 is 5.32 Å². The van der Waals surface area contributed by atoms with E-state index in [1.54, 1.807) is 0 Å². The maximum Gasteiger partial charge on any atom is 0.0406 e. The van der Waals surface area contributed by atoms with Crippen LogP contribution >= 0.6 is 27.5 Å². The van der Waals surface area contributed by atoms with Crippen molar-refractivity contribution in [3.8, 4) is 0 Å². The Bertz CT molecular complexity index is 525. The number of hydrogen-bond donors (Lipinski definition) is 1. The molecule has 1 nitrogen and oxygen atoms in total. The summed E-state index contributed by atoms with van der Waals surface area (Å²) in [6, 6.07) is 16.8. The molecule has 1 atom stereocenters. The number of nitrogens with one attached hydrogen (secondary N) is 1. The second-order valence-electron chi connectivity index (χ2n) is 4.70. The standard InChI is InChI=1S/C16H17BrClN/c1-12(10-13-6-8-15(18)9-7-13)19-11-14-4-2-3-5-16(14)17/h2-9,12,19H,10-11H2,1H3. The van der Waals surface area contributed by atoms with Crippen LogP contribution in [0.2, 0.25) is 5.02 Å². The molecule has 0 saturated carbocycles. The highest BCUT2D eigenvalue weighted by Crippen LogP contribution is 2.16. The predicted molar refractivity (Wildman–Crippen MR) is 85.6 cm³/mol. The van der Waals surface area contributed by atoms with E-state index in [1.807, 2.05) is 18.2 Å². The van der Waals surface area contributed by atoms with Gasteiger partial charge in [0.2, 0.25) is 0 Å². The van der Waals surface area contributed by atoms with Crippen LogP contribution in [0, 0.1) is 0 Å². The first-order valence-corrected chi connectivity index (χ1v) is 7.53. The van der Waals surface area contributed by atoms with E-state index in [1.165, 1.54) is 11.1 Å². The summed E-state index contributed by atoms with van der Waals surface area (Å²) >= 11 is 9.45. The van der Waals surface area contributed by atoms with Gasteiger partial charge in [-0.15, -0.1) is 0 Å². The molecule has 1 unspecified atom stereocenters. The molecule has 0 heterocycles. The van der Waals surface area contributed by atoms with E-state index in [0.717, 1.165) is 22.5 Å². The SMILES string of the molecule is CC(Cc1ccc(Cl)cc1)NCc1ccccc1Br. The van der Waals surface area contributed by atoms with Gasteiger partial charge in [-0.3, -0.25) is 0 Å². The van der Waals surface area contributed by atoms with Crippen molar-refractivity contribution in [1.82, 2.24) is 5.32 Å². The molecule has 0 aliphatic heterocycles. The minimum absolute atomic E-state index is 0.424. The van der Waals surface area contributed by atoms with Crippen molar-refractivity contribution in [2.24, 2.45) is 0 Å². The van der Waals surface area contributed by atoms with E-state index in [2.05, 4.69) is 58.5 Å². The molecule has 0 bridgehead atoms. The summed E-state index contributed by atoms with van der Waals surface area (Å²) in [5, 5.41) is 4.33. The fourth-order valence-electron chi connectivity index (χ4n) is 1.97. The zero-order valence-electron chi connectivity index (χ0n) is 10.9. The lowest BCUT2D eigenvalue weighted by Crippen LogP contribution is -2.27. The van der Waals surface area contributed by atoms with Crippen LogP contribution in [0.4, 0.5) is 0 Å². The maximum absolute atomic E-state index is 5.89. The predicted octanol–water partition coefficient (Wildman–Crippen LogP) is 4.82. The minimum atomic E-state index is 0.424. The van der Waals surface area contributed by atoms with Crippen molar-refractivity contribution in [1.29, 1.82) is 0 Å². The van der Waals surface area contributed by atoms with Gasteiger partial charge in [-0.05, 0) is 42.7 Å². The Hall–Kier alpha value is -0.830. The molecule has 1 N–H and O–H groups in total. The van der Waals surface area contributed by atoms with Crippen LogP contribution in [0.3, 0.4) is 0 Å². The van der Waals surface area contributed by atoms with E-state index in [9.17, 15) is 0 Å². The summed E-state index contributed by atoms with van der Waals surface area (Å²) in [4.78, 5) is 0. The van der Waals surface area contributed by atoms with Crippen molar-refractivity contribution in [3.63, 3.8) is 0 Å². The molecule has 100 valence electrons. The Morgan fingerprint density at radius 2 is 1.79 bits per heavy atom. The Labute approximate surface area is 128 Å². The van der Waals surface area contributed by atoms with E-state index < -0.39 is 0 Å². The number of halogens is 2. The Kier molecular flexibility index (Phi) is 5.44. The van der Waals surface area contributed by atoms with Crippen molar-refractivity contribution >= 4 is 27.5 Å². The van der Waals surface area contributed by atoms with Crippen molar-refractivity contribution < 1.29 is 0 Å². The topological polar surface area (TPSA) is 12.0 Å². The third kappa shape index (κ3) is 4.64. The average molecular weight is 339 g/mol. The maximum atomic E-state index is 5.89. The average Bonchev–Trinajstić information content (AvgIpc) is 2.40. The number of benzene rings is 2. The van der Waals surface area contributed by atoms with Gasteiger partial charge >= 0.3 is 0 Å². The molecule has 3 heteroatoms. The van der Waals surface area contributed by atoms with E-state index in [4.69, 9.17) is 11.6 Å². The van der Waals surface area contributed by atoms with Gasteiger partial charge in [-0.25, -0.2) is 0 Å². The summed E-state index contributed by atoms with van der Waals surface area (Å²) < 4.78 is 1.15. The summed E-state index contributed by atoms with van der Waals surface area (Å²) in [6.45, 7) is 3.07. The molecule has 2 aromatic rings. The van der Waals surface area contributed by atoms with E-state index >= 15 is 0 Å². The van der Waals surface area contributed by atoms with Crippen LogP contribution in [0.5, 0.6) is 0 Å². The lowest BCUT2D eigenvalue weighted by Gasteiger charge is -2.14. The summed E-state index contributed by atoms with van der Waals surface area (Å²) in [6.07, 6.45) is 1.00. The van der Waals surface area contributed by atoms with Gasteiger partial charge in [0.05, 0.1) is 0 Å². The van der Waals surface area contributed by atoms with Crippen molar-refractivity contribution in [3.05, 3.63) is 69.2 Å². The fourth-order valence-corrected chi connectivity index (χ4v) is 2.52. The first-order valence-electron chi connectivity index (χ1n) is 6.36. The molecule has 0 fully saturated rings. The highest BCUT2D eigenvalue weighted by molar-refractivity contribution is 9.10. The summed E-state index contributed by atoms with van der Waals surface area (Å²) in [5.74, 6) is 0. The van der Waals surface area contributed by atoms with Gasteiger partial charge in [0.25, 0.3) is 0 Å². The third-order valence-corrected chi connectivity index (χ3v) is 4.08. The first-order chi connectivity index (χ1) is 9.15. The molecular weight excluding hydrogens is 322 g/mol. The molecule has 2 rings (SSSR count). The smallest absolute Gasteiger partial charge is 0.0406 e. The van der Waals surface area contributed by atoms with Crippen molar-refractivity contribution in [2.45, 2.75) is 25.9 Å². The summed E-state index contributed by atoms with van der Waals surface area (Å²) in [5.41, 5.74) is 2.59. The van der Waals surface area contributed by atoms with Gasteiger partial charge in [0.1, 0.15) is 0 Å². The van der Waals surface area contributed by atoms with E-state index in [0.29, 0.717) is 6.04 Å². The van der Waals surface area contributed by atoms with Crippen LogP contribution in [0.1, 0.15) is 18.1 Å². The van der Waals surface area contributed by atoms with Crippen LogP contribution in [0.15, 0.2) is 53.0 Å². The quantitative estimate of drug-likeness (QED) is 0.824. The van der Waals surface area contributed by atoms with Crippen LogP contribution in [-0.2, 0) is 13.0 Å². The van der Waals surface area contributed by atoms with Crippen LogP contribution in [-0.4, -0.2) is 6.04 Å². The van der Waals surface area contributed by atoms with Gasteiger partial charge in [0, 0.05) is 22.1 Å². The number of hydrogen-bond acceptors (Lipinski definition) is 1. The molecule has 19 heavy (non-hydrogen) atoms. The molecule has 0 radical (unpaired) electrons. The summed E-state index contributed by atoms with van der Waals surface area (Å²) in [7, 11) is 0. The zero-order chi connectivity index (χ0) is 13.7. The highest BCUT2D eigenvalue weighted by atomic mass is 79.9. The molecule has 0 aromatic heterocycles. The molecular formula is C16H17BrClN. The molecule has 0 aliphatic rings. The molecule has 0 spiro atoms. The Morgan fingerprint density at radius 3 is 2.47 bits per heavy atom. The van der Waals surface area contributed by atoms with Crippen molar-refractivity contribution in [2.75, 3.05) is 0 Å². The van der Waals surface area contributed by atoms with Crippen LogP contribution in [0.25, 0.3) is 0 Å². The Balaban J connectivity index is 1.86. The molecule has 0 amide bonds. The second kappa shape index (κ2) is 7.09. The monoisotopic (exact) mass is 337 g/mol. The van der Waals surface area contributed by atoms with Gasteiger partial charge in [0.15, 0.2) is 0 Å². The minimum Gasteiger partial charge on any atom is -0.310 e. The van der Waals surface area contributed by atoms with E-state index in [-0.39, 0.29) is 0 Å². The normalized spacial score (nSPS) is 12.4. The lowest BCUT2D eigenvalue weighted by molar-refractivity contribution is 0.545. The molecule has 0 saturated heterocycles. The third-order valence-electron chi connectivity index (χ3n) is 3.05. The Morgan fingerprint density at radius 1 is 1.11 bits per heavy atom.